The molecule has 0 radical (unpaired) electrons. The van der Waals surface area contributed by atoms with Gasteiger partial charge in [-0.3, -0.25) is 9.36 Å². The van der Waals surface area contributed by atoms with Gasteiger partial charge >= 0.3 is 5.97 Å². The van der Waals surface area contributed by atoms with Crippen molar-refractivity contribution in [3.05, 3.63) is 79.5 Å². The van der Waals surface area contributed by atoms with Crippen molar-refractivity contribution in [2.45, 2.75) is 19.9 Å². The van der Waals surface area contributed by atoms with Crippen molar-refractivity contribution < 1.29 is 9.90 Å². The zero-order valence-corrected chi connectivity index (χ0v) is 20.3. The summed E-state index contributed by atoms with van der Waals surface area (Å²) in [6.45, 7) is 3.77. The van der Waals surface area contributed by atoms with E-state index in [2.05, 4.69) is 31.2 Å². The number of nitrogens with one attached hydrogen (secondary N) is 1. The normalized spacial score (nSPS) is 12.0. The number of rotatable bonds is 5. The fourth-order valence-electron chi connectivity index (χ4n) is 3.67. The summed E-state index contributed by atoms with van der Waals surface area (Å²) in [7, 11) is 1.67. The molecular formula is C23H19BrClN5O3. The Bertz CT molecular complexity index is 1450. The van der Waals surface area contributed by atoms with Crippen molar-refractivity contribution in [2.75, 3.05) is 5.32 Å². The Morgan fingerprint density at radius 3 is 2.64 bits per heavy atom. The van der Waals surface area contributed by atoms with Crippen LogP contribution in [0.15, 0.2) is 52.0 Å². The highest BCUT2D eigenvalue weighted by atomic mass is 79.9. The van der Waals surface area contributed by atoms with Crippen LogP contribution < -0.4 is 10.9 Å². The number of halogens is 2. The summed E-state index contributed by atoms with van der Waals surface area (Å²) < 4.78 is 2.18. The number of aromatic nitrogens is 4. The molecule has 33 heavy (non-hydrogen) atoms. The second-order valence-electron chi connectivity index (χ2n) is 7.62. The number of carboxylic acids is 1. The predicted octanol–water partition coefficient (Wildman–Crippen LogP) is 4.99. The summed E-state index contributed by atoms with van der Waals surface area (Å²) in [5.74, 6) is -0.720. The van der Waals surface area contributed by atoms with Gasteiger partial charge in [-0.15, -0.1) is 0 Å². The summed E-state index contributed by atoms with van der Waals surface area (Å²) in [5.41, 5.74) is 2.81. The first kappa shape index (κ1) is 22.9. The van der Waals surface area contributed by atoms with Gasteiger partial charge in [0.05, 0.1) is 22.6 Å². The Morgan fingerprint density at radius 1 is 1.21 bits per heavy atom. The molecule has 3 aromatic heterocycles. The first-order chi connectivity index (χ1) is 15.7. The van der Waals surface area contributed by atoms with E-state index in [1.165, 1.54) is 10.6 Å². The molecule has 1 unspecified atom stereocenters. The van der Waals surface area contributed by atoms with E-state index in [1.807, 2.05) is 26.0 Å². The SMILES string of the molecule is Cc1cc(C(C)Nc2ccc(Cl)nc2C(=O)O)c2nc(-c3ccc(Br)nc3)n(C)c(=O)c2c1. The summed E-state index contributed by atoms with van der Waals surface area (Å²) in [6, 6.07) is 10.1. The highest BCUT2D eigenvalue weighted by Gasteiger charge is 2.20. The molecule has 1 aromatic carbocycles. The molecule has 1 atom stereocenters. The Labute approximate surface area is 202 Å². The van der Waals surface area contributed by atoms with Crippen LogP contribution >= 0.6 is 27.5 Å². The molecule has 0 fully saturated rings. The van der Waals surface area contributed by atoms with Crippen molar-refractivity contribution >= 4 is 50.1 Å². The largest absolute Gasteiger partial charge is 0.476 e. The molecule has 0 aliphatic heterocycles. The number of pyridine rings is 2. The Kier molecular flexibility index (Phi) is 6.18. The van der Waals surface area contributed by atoms with Gasteiger partial charge in [0.15, 0.2) is 5.69 Å². The zero-order valence-electron chi connectivity index (χ0n) is 17.9. The molecular weight excluding hydrogens is 510 g/mol. The van der Waals surface area contributed by atoms with E-state index in [1.54, 1.807) is 31.4 Å². The third-order valence-electron chi connectivity index (χ3n) is 5.24. The number of aromatic carboxylic acids is 1. The number of fused-ring (bicyclic) bond motifs is 1. The van der Waals surface area contributed by atoms with Gasteiger partial charge in [-0.2, -0.15) is 0 Å². The Hall–Kier alpha value is -3.30. The molecule has 4 rings (SSSR count). The van der Waals surface area contributed by atoms with Gasteiger partial charge in [0.1, 0.15) is 15.6 Å². The van der Waals surface area contributed by atoms with Crippen LogP contribution in [-0.2, 0) is 7.05 Å². The number of carbonyl (C=O) groups is 1. The van der Waals surface area contributed by atoms with Gasteiger partial charge in [0, 0.05) is 24.4 Å². The maximum atomic E-state index is 13.2. The number of anilines is 1. The van der Waals surface area contributed by atoms with Crippen molar-refractivity contribution in [3.63, 3.8) is 0 Å². The van der Waals surface area contributed by atoms with Crippen LogP contribution in [0.25, 0.3) is 22.3 Å². The number of benzene rings is 1. The maximum absolute atomic E-state index is 13.2. The van der Waals surface area contributed by atoms with Crippen LogP contribution in [0, 0.1) is 6.92 Å². The molecule has 0 amide bonds. The van der Waals surface area contributed by atoms with Crippen LogP contribution in [0.5, 0.6) is 0 Å². The number of carboxylic acid groups (broad SMARTS) is 1. The van der Waals surface area contributed by atoms with Crippen molar-refractivity contribution in [1.82, 2.24) is 19.5 Å². The average Bonchev–Trinajstić information content (AvgIpc) is 2.77. The quantitative estimate of drug-likeness (QED) is 0.351. The number of hydrogen-bond acceptors (Lipinski definition) is 6. The monoisotopic (exact) mass is 527 g/mol. The van der Waals surface area contributed by atoms with E-state index in [4.69, 9.17) is 16.6 Å². The predicted molar refractivity (Wildman–Crippen MR) is 131 cm³/mol. The molecule has 4 aromatic rings. The summed E-state index contributed by atoms with van der Waals surface area (Å²) >= 11 is 9.19. The van der Waals surface area contributed by atoms with Gasteiger partial charge in [-0.05, 0) is 65.7 Å². The molecule has 0 aliphatic rings. The first-order valence-corrected chi connectivity index (χ1v) is 11.1. The van der Waals surface area contributed by atoms with Crippen LogP contribution in [-0.4, -0.2) is 30.6 Å². The lowest BCUT2D eigenvalue weighted by Gasteiger charge is -2.20. The molecule has 0 bridgehead atoms. The van der Waals surface area contributed by atoms with Crippen molar-refractivity contribution in [2.24, 2.45) is 7.05 Å². The fraction of sp³-hybridized carbons (Fsp3) is 0.174. The summed E-state index contributed by atoms with van der Waals surface area (Å²) in [4.78, 5) is 37.8. The van der Waals surface area contributed by atoms with E-state index in [9.17, 15) is 14.7 Å². The van der Waals surface area contributed by atoms with Crippen LogP contribution in [0.2, 0.25) is 5.15 Å². The van der Waals surface area contributed by atoms with Crippen LogP contribution in [0.4, 0.5) is 5.69 Å². The maximum Gasteiger partial charge on any atom is 0.356 e. The zero-order chi connectivity index (χ0) is 23.9. The second kappa shape index (κ2) is 8.92. The lowest BCUT2D eigenvalue weighted by molar-refractivity contribution is 0.0691. The Balaban J connectivity index is 1.88. The number of hydrogen-bond donors (Lipinski definition) is 2. The van der Waals surface area contributed by atoms with Gasteiger partial charge in [0.25, 0.3) is 5.56 Å². The van der Waals surface area contributed by atoms with Gasteiger partial charge in [-0.1, -0.05) is 17.7 Å². The average molecular weight is 529 g/mol. The summed E-state index contributed by atoms with van der Waals surface area (Å²) in [6.07, 6.45) is 1.64. The molecule has 168 valence electrons. The first-order valence-electron chi connectivity index (χ1n) is 9.95. The molecule has 8 nitrogen and oxygen atoms in total. The minimum atomic E-state index is -1.20. The molecule has 0 saturated heterocycles. The smallest absolute Gasteiger partial charge is 0.356 e. The molecule has 2 N–H and O–H groups in total. The van der Waals surface area contributed by atoms with E-state index in [0.29, 0.717) is 32.6 Å². The molecule has 0 aliphatic carbocycles. The van der Waals surface area contributed by atoms with E-state index in [-0.39, 0.29) is 22.4 Å². The summed E-state index contributed by atoms with van der Waals surface area (Å²) in [5, 5.41) is 13.3. The van der Waals surface area contributed by atoms with E-state index in [0.717, 1.165) is 11.1 Å². The second-order valence-corrected chi connectivity index (χ2v) is 8.82. The van der Waals surface area contributed by atoms with Crippen molar-refractivity contribution in [1.29, 1.82) is 0 Å². The molecule has 0 spiro atoms. The van der Waals surface area contributed by atoms with Gasteiger partial charge in [0.2, 0.25) is 0 Å². The minimum Gasteiger partial charge on any atom is -0.476 e. The highest BCUT2D eigenvalue weighted by molar-refractivity contribution is 9.10. The lowest BCUT2D eigenvalue weighted by atomic mass is 10.0. The Morgan fingerprint density at radius 2 is 1.97 bits per heavy atom. The molecule has 10 heteroatoms. The molecule has 3 heterocycles. The van der Waals surface area contributed by atoms with E-state index < -0.39 is 5.97 Å². The molecule has 0 saturated carbocycles. The topological polar surface area (TPSA) is 110 Å². The third-order valence-corrected chi connectivity index (χ3v) is 5.92. The third kappa shape index (κ3) is 4.46. The van der Waals surface area contributed by atoms with Crippen molar-refractivity contribution in [3.8, 4) is 11.4 Å². The minimum absolute atomic E-state index is 0.0875. The van der Waals surface area contributed by atoms with Gasteiger partial charge in [-0.25, -0.2) is 19.7 Å². The van der Waals surface area contributed by atoms with Gasteiger partial charge < -0.3 is 10.4 Å². The van der Waals surface area contributed by atoms with E-state index >= 15 is 0 Å². The van der Waals surface area contributed by atoms with Crippen LogP contribution in [0.1, 0.15) is 34.6 Å². The standard InChI is InChI=1S/C23H19BrClN5O3/c1-11-8-14(12(2)27-16-5-7-18(25)28-20(16)23(32)33)19-15(9-11)22(31)30(3)21(29-19)13-4-6-17(24)26-10-13/h4-10,12,27H,1-3H3,(H,32,33). The number of aryl methyl sites for hydroxylation is 1. The number of nitrogens with zero attached hydrogens (tertiary/aromatic N) is 4. The fourth-order valence-corrected chi connectivity index (χ4v) is 4.06. The highest BCUT2D eigenvalue weighted by Crippen LogP contribution is 2.29. The van der Waals surface area contributed by atoms with Crippen LogP contribution in [0.3, 0.4) is 0 Å². The lowest BCUT2D eigenvalue weighted by Crippen LogP contribution is -2.22.